The lowest BCUT2D eigenvalue weighted by atomic mass is 9.75. The second-order valence-corrected chi connectivity index (χ2v) is 6.59. The smallest absolute Gasteiger partial charge is 0.0735 e. The van der Waals surface area contributed by atoms with E-state index in [0.717, 1.165) is 5.92 Å². The highest BCUT2D eigenvalue weighted by atomic mass is 13.9. The van der Waals surface area contributed by atoms with Gasteiger partial charge in [-0.15, -0.1) is 0 Å². The van der Waals surface area contributed by atoms with Crippen molar-refractivity contribution in [2.75, 3.05) is 0 Å². The lowest BCUT2D eigenvalue weighted by molar-refractivity contribution is 0.737. The van der Waals surface area contributed by atoms with Gasteiger partial charge in [0, 0.05) is 0 Å². The fourth-order valence-electron chi connectivity index (χ4n) is 0. The van der Waals surface area contributed by atoms with Crippen molar-refractivity contribution in [1.29, 1.82) is 0 Å². The summed E-state index contributed by atoms with van der Waals surface area (Å²) in [4.78, 5) is 0. The van der Waals surface area contributed by atoms with Gasteiger partial charge in [-0.2, -0.15) is 0 Å². The van der Waals surface area contributed by atoms with Gasteiger partial charge in [0.1, 0.15) is 0 Å². The van der Waals surface area contributed by atoms with Gasteiger partial charge in [-0.05, 0) is 5.92 Å². The number of hydrogen-bond donors (Lipinski definition) is 0. The Kier molecular flexibility index (Phi) is 24.7. The van der Waals surface area contributed by atoms with E-state index >= 15 is 0 Å². The van der Waals surface area contributed by atoms with Crippen LogP contribution >= 0.6 is 0 Å². The molecule has 0 saturated carbocycles. The minimum Gasteiger partial charge on any atom is -0.0829 e. The lowest BCUT2D eigenvalue weighted by Gasteiger charge is -2.05. The summed E-state index contributed by atoms with van der Waals surface area (Å²) in [6.45, 7) is 20.2. The van der Waals surface area contributed by atoms with Crippen molar-refractivity contribution in [3.63, 3.8) is 0 Å². The third kappa shape index (κ3) is 86000. The molecule has 0 nitrogen and oxygen atoms in total. The molecule has 0 fully saturated rings. The first-order valence-corrected chi connectivity index (χ1v) is 6.50. The second kappa shape index (κ2) is 16.2. The quantitative estimate of drug-likeness (QED) is 0.517. The Hall–Kier alpha value is 0.195. The molecule has 0 atom stereocenters. The Balaban J connectivity index is -0.0000000667. The zero-order chi connectivity index (χ0) is 15.2. The predicted molar refractivity (Wildman–Crippen MR) is 87.7 cm³/mol. The van der Waals surface area contributed by atoms with Gasteiger partial charge in [0.25, 0.3) is 0 Å². The SMILES string of the molecule is CC(C)C.[B]C(C)(C)C.[B]C(C)C.[B]C(C)C. The molecule has 0 spiro atoms. The summed E-state index contributed by atoms with van der Waals surface area (Å²) in [5.41, 5.74) is 0. The third-order valence-corrected chi connectivity index (χ3v) is 0. The van der Waals surface area contributed by atoms with Crippen molar-refractivity contribution >= 4 is 23.5 Å². The molecule has 17 heavy (non-hydrogen) atoms. The summed E-state index contributed by atoms with van der Waals surface area (Å²) in [5.74, 6) is 1.50. The van der Waals surface area contributed by atoms with Gasteiger partial charge in [0.15, 0.2) is 0 Å². The second-order valence-electron chi connectivity index (χ2n) is 6.59. The molecular formula is C14H33B3. The average Bonchev–Trinajstić information content (AvgIpc) is 1.73. The standard InChI is InChI=1S/C4H9B.C4H10.2C3H7B/c1-4(2,3)5;1-4(2)3;2*1-3(2)4/h1-3H3;4H,1-3H3;2*3H,1-2H3. The van der Waals surface area contributed by atoms with Crippen LogP contribution in [0.25, 0.3) is 0 Å². The highest BCUT2D eigenvalue weighted by molar-refractivity contribution is 6.14. The number of hydrogen-bond acceptors (Lipinski definition) is 0. The van der Waals surface area contributed by atoms with Crippen LogP contribution < -0.4 is 0 Å². The molecule has 0 aliphatic rings. The highest BCUT2D eigenvalue weighted by Crippen LogP contribution is 2.13. The summed E-state index contributed by atoms with van der Waals surface area (Å²) in [6, 6.07) is 0. The van der Waals surface area contributed by atoms with Crippen LogP contribution in [-0.2, 0) is 0 Å². The van der Waals surface area contributed by atoms with Gasteiger partial charge >= 0.3 is 0 Å². The maximum Gasteiger partial charge on any atom is 0.0735 e. The molecule has 0 amide bonds. The zero-order valence-electron chi connectivity index (χ0n) is 14.0. The molecule has 0 bridgehead atoms. The van der Waals surface area contributed by atoms with E-state index in [2.05, 4.69) is 20.8 Å². The minimum absolute atomic E-state index is 0. The van der Waals surface area contributed by atoms with E-state index in [0.29, 0.717) is 11.6 Å². The molecule has 0 unspecified atom stereocenters. The van der Waals surface area contributed by atoms with Crippen molar-refractivity contribution in [3.8, 4) is 0 Å². The molecular weight excluding hydrogens is 201 g/mol. The predicted octanol–water partition coefficient (Wildman–Crippen LogP) is 5.00. The molecule has 3 heteroatoms. The first kappa shape index (κ1) is 25.9. The van der Waals surface area contributed by atoms with Crippen molar-refractivity contribution in [3.05, 3.63) is 0 Å². The van der Waals surface area contributed by atoms with Crippen LogP contribution in [0.1, 0.15) is 69.2 Å². The van der Waals surface area contributed by atoms with Crippen LogP contribution in [0.4, 0.5) is 0 Å². The van der Waals surface area contributed by atoms with Crippen molar-refractivity contribution in [2.24, 2.45) is 5.92 Å². The minimum atomic E-state index is 0. The van der Waals surface area contributed by atoms with E-state index in [4.69, 9.17) is 23.5 Å². The largest absolute Gasteiger partial charge is 0.0829 e. The molecule has 0 rings (SSSR count). The van der Waals surface area contributed by atoms with Crippen molar-refractivity contribution < 1.29 is 0 Å². The molecule has 0 aromatic rings. The topological polar surface area (TPSA) is 0 Å². The van der Waals surface area contributed by atoms with Crippen LogP contribution in [0.3, 0.4) is 0 Å². The Morgan fingerprint density at radius 2 is 0.647 bits per heavy atom. The summed E-state index contributed by atoms with van der Waals surface area (Å²) < 4.78 is 0. The van der Waals surface area contributed by atoms with Crippen LogP contribution in [0.2, 0.25) is 16.9 Å². The summed E-state index contributed by atoms with van der Waals surface area (Å²) in [7, 11) is 15.6. The average molecular weight is 234 g/mol. The summed E-state index contributed by atoms with van der Waals surface area (Å²) in [6.07, 6.45) is 0. The van der Waals surface area contributed by atoms with Crippen LogP contribution in [0, 0.1) is 5.92 Å². The van der Waals surface area contributed by atoms with E-state index in [9.17, 15) is 0 Å². The van der Waals surface area contributed by atoms with Gasteiger partial charge < -0.3 is 0 Å². The molecule has 0 aliphatic heterocycles. The van der Waals surface area contributed by atoms with Gasteiger partial charge in [-0.3, -0.25) is 0 Å². The summed E-state index contributed by atoms with van der Waals surface area (Å²) in [5, 5.41) is 0. The van der Waals surface area contributed by atoms with E-state index in [1.807, 2.05) is 48.5 Å². The van der Waals surface area contributed by atoms with E-state index in [1.54, 1.807) is 0 Å². The fourth-order valence-corrected chi connectivity index (χ4v) is 0. The molecule has 0 heterocycles. The molecule has 98 valence electrons. The van der Waals surface area contributed by atoms with Gasteiger partial charge in [0.05, 0.1) is 23.5 Å². The van der Waals surface area contributed by atoms with Gasteiger partial charge in [-0.1, -0.05) is 86.2 Å². The van der Waals surface area contributed by atoms with E-state index < -0.39 is 0 Å². The molecule has 0 N–H and O–H groups in total. The summed E-state index contributed by atoms with van der Waals surface area (Å²) >= 11 is 0. The number of rotatable bonds is 0. The third-order valence-electron chi connectivity index (χ3n) is 0. The fraction of sp³-hybridized carbons (Fsp3) is 1.00. The monoisotopic (exact) mass is 234 g/mol. The zero-order valence-corrected chi connectivity index (χ0v) is 14.0. The van der Waals surface area contributed by atoms with Crippen LogP contribution in [-0.4, -0.2) is 23.5 Å². The van der Waals surface area contributed by atoms with Crippen LogP contribution in [0.15, 0.2) is 0 Å². The molecule has 0 aromatic heterocycles. The maximum absolute atomic E-state index is 5.35. The van der Waals surface area contributed by atoms with Crippen molar-refractivity contribution in [1.82, 2.24) is 0 Å². The first-order chi connectivity index (χ1) is 7.20. The highest BCUT2D eigenvalue weighted by Gasteiger charge is 1.95. The molecule has 0 saturated heterocycles. The molecule has 0 aliphatic carbocycles. The lowest BCUT2D eigenvalue weighted by Crippen LogP contribution is -1.90. The Morgan fingerprint density at radius 3 is 0.647 bits per heavy atom. The Labute approximate surface area is 116 Å². The maximum atomic E-state index is 5.35. The first-order valence-electron chi connectivity index (χ1n) is 6.50. The Morgan fingerprint density at radius 1 is 0.647 bits per heavy atom. The molecule has 6 radical (unpaired) electrons. The van der Waals surface area contributed by atoms with Crippen LogP contribution in [0.5, 0.6) is 0 Å². The van der Waals surface area contributed by atoms with Crippen molar-refractivity contribution in [2.45, 2.75) is 86.2 Å². The Bertz CT molecular complexity index is 84.6. The van der Waals surface area contributed by atoms with Gasteiger partial charge in [-0.25, -0.2) is 0 Å². The molecule has 0 aromatic carbocycles. The van der Waals surface area contributed by atoms with Gasteiger partial charge in [0.2, 0.25) is 0 Å². The van der Waals surface area contributed by atoms with E-state index in [-0.39, 0.29) is 5.31 Å². The van der Waals surface area contributed by atoms with E-state index in [1.165, 1.54) is 0 Å². The normalized spacial score (nSPS) is 9.71.